The second-order valence-corrected chi connectivity index (χ2v) is 6.75. The highest BCUT2D eigenvalue weighted by Crippen LogP contribution is 2.33. The third-order valence-electron chi connectivity index (χ3n) is 4.84. The Hall–Kier alpha value is -2.51. The van der Waals surface area contributed by atoms with Gasteiger partial charge in [0.05, 0.1) is 17.2 Å². The number of ether oxygens (including phenoxy) is 1. The third-order valence-corrected chi connectivity index (χ3v) is 4.84. The summed E-state index contributed by atoms with van der Waals surface area (Å²) in [4.78, 5) is 13.8. The zero-order valence-electron chi connectivity index (χ0n) is 15.2. The lowest BCUT2D eigenvalue weighted by molar-refractivity contribution is -0.184. The van der Waals surface area contributed by atoms with Crippen LogP contribution in [0.3, 0.4) is 0 Å². The number of rotatable bonds is 4. The summed E-state index contributed by atoms with van der Waals surface area (Å²) in [6, 6.07) is 6.41. The number of carbonyl (C=O) groups is 1. The van der Waals surface area contributed by atoms with Crippen molar-refractivity contribution in [2.45, 2.75) is 39.5 Å². The summed E-state index contributed by atoms with van der Waals surface area (Å²) in [5.41, 5.74) is 1.97. The van der Waals surface area contributed by atoms with E-state index in [-0.39, 0.29) is 25.5 Å². The molecule has 1 amide bonds. The van der Waals surface area contributed by atoms with Crippen LogP contribution in [-0.2, 0) is 6.61 Å². The van der Waals surface area contributed by atoms with E-state index in [1.165, 1.54) is 4.90 Å². The zero-order valence-corrected chi connectivity index (χ0v) is 15.2. The monoisotopic (exact) mass is 382 g/mol. The van der Waals surface area contributed by atoms with Gasteiger partial charge in [0.2, 0.25) is 0 Å². The Balaban J connectivity index is 1.62. The number of amides is 1. The van der Waals surface area contributed by atoms with Gasteiger partial charge in [0, 0.05) is 18.7 Å². The van der Waals surface area contributed by atoms with Gasteiger partial charge in [-0.15, -0.1) is 0 Å². The fourth-order valence-electron chi connectivity index (χ4n) is 3.17. The minimum Gasteiger partial charge on any atom is -0.489 e. The van der Waals surface area contributed by atoms with Crippen molar-refractivity contribution in [3.63, 3.8) is 0 Å². The molecule has 1 atom stereocenters. The minimum absolute atomic E-state index is 0.0712. The Morgan fingerprint density at radius 3 is 2.59 bits per heavy atom. The highest BCUT2D eigenvalue weighted by molar-refractivity contribution is 5.94. The Morgan fingerprint density at radius 2 is 2.00 bits per heavy atom. The molecule has 0 spiro atoms. The van der Waals surface area contributed by atoms with Gasteiger partial charge in [-0.2, -0.15) is 13.2 Å². The second kappa shape index (κ2) is 7.62. The second-order valence-electron chi connectivity index (χ2n) is 6.75. The van der Waals surface area contributed by atoms with Gasteiger partial charge in [-0.1, -0.05) is 5.16 Å². The normalized spacial score (nSPS) is 17.8. The number of carbonyl (C=O) groups excluding carboxylic acids is 1. The maximum atomic E-state index is 12.9. The van der Waals surface area contributed by atoms with Crippen LogP contribution in [0.25, 0.3) is 0 Å². The molecule has 146 valence electrons. The lowest BCUT2D eigenvalue weighted by atomic mass is 9.97. The molecule has 0 saturated carbocycles. The van der Waals surface area contributed by atoms with Crippen LogP contribution in [0.1, 0.15) is 40.2 Å². The van der Waals surface area contributed by atoms with Gasteiger partial charge in [0.25, 0.3) is 5.91 Å². The maximum Gasteiger partial charge on any atom is 0.393 e. The molecule has 1 aliphatic rings. The van der Waals surface area contributed by atoms with Gasteiger partial charge in [0.15, 0.2) is 0 Å². The summed E-state index contributed by atoms with van der Waals surface area (Å²) in [7, 11) is 0. The lowest BCUT2D eigenvalue weighted by Gasteiger charge is -2.33. The molecule has 1 saturated heterocycles. The van der Waals surface area contributed by atoms with Gasteiger partial charge in [-0.3, -0.25) is 4.79 Å². The number of halogens is 3. The minimum atomic E-state index is -4.27. The van der Waals surface area contributed by atoms with Crippen molar-refractivity contribution >= 4 is 5.91 Å². The quantitative estimate of drug-likeness (QED) is 0.792. The Morgan fingerprint density at radius 1 is 1.30 bits per heavy atom. The number of alkyl halides is 3. The zero-order chi connectivity index (χ0) is 19.6. The first kappa shape index (κ1) is 19.3. The molecule has 3 rings (SSSR count). The molecule has 2 heterocycles. The molecule has 2 aromatic rings. The molecule has 5 nitrogen and oxygen atoms in total. The summed E-state index contributed by atoms with van der Waals surface area (Å²) < 4.78 is 49.5. The van der Waals surface area contributed by atoms with Gasteiger partial charge in [0.1, 0.15) is 18.1 Å². The number of hydrogen-bond donors (Lipinski definition) is 0. The molecule has 0 unspecified atom stereocenters. The lowest BCUT2D eigenvalue weighted by Crippen LogP contribution is -2.44. The summed E-state index contributed by atoms with van der Waals surface area (Å²) in [5, 5.41) is 3.86. The summed E-state index contributed by atoms with van der Waals surface area (Å²) in [6.45, 7) is 3.97. The van der Waals surface area contributed by atoms with Gasteiger partial charge < -0.3 is 14.2 Å². The number of hydrogen-bond acceptors (Lipinski definition) is 4. The molecule has 1 aliphatic heterocycles. The van der Waals surface area contributed by atoms with Crippen molar-refractivity contribution in [3.05, 3.63) is 46.8 Å². The van der Waals surface area contributed by atoms with Crippen LogP contribution in [0, 0.1) is 19.8 Å². The van der Waals surface area contributed by atoms with E-state index in [0.29, 0.717) is 30.0 Å². The van der Waals surface area contributed by atoms with E-state index in [0.717, 1.165) is 11.3 Å². The Kier molecular flexibility index (Phi) is 5.43. The predicted octanol–water partition coefficient (Wildman–Crippen LogP) is 4.28. The maximum absolute atomic E-state index is 12.9. The standard InChI is InChI=1S/C19H21F3N2O3/c1-12-17(13(2)27-23-12)11-26-16-7-5-14(6-8-16)18(25)24-9-3-4-15(10-24)19(20,21)22/h5-8,15H,3-4,9-11H2,1-2H3/t15-/m1/s1. The first-order valence-corrected chi connectivity index (χ1v) is 8.76. The van der Waals surface area contributed by atoms with E-state index < -0.39 is 12.1 Å². The first-order chi connectivity index (χ1) is 12.8. The van der Waals surface area contributed by atoms with Crippen LogP contribution in [0.4, 0.5) is 13.2 Å². The van der Waals surface area contributed by atoms with E-state index in [1.807, 2.05) is 6.92 Å². The van der Waals surface area contributed by atoms with Crippen molar-refractivity contribution in [2.75, 3.05) is 13.1 Å². The average Bonchev–Trinajstić information content (AvgIpc) is 2.97. The topological polar surface area (TPSA) is 55.6 Å². The van der Waals surface area contributed by atoms with Gasteiger partial charge in [-0.25, -0.2) is 0 Å². The van der Waals surface area contributed by atoms with Crippen molar-refractivity contribution in [3.8, 4) is 5.75 Å². The van der Waals surface area contributed by atoms with Crippen molar-refractivity contribution in [2.24, 2.45) is 5.92 Å². The highest BCUT2D eigenvalue weighted by Gasteiger charge is 2.42. The van der Waals surface area contributed by atoms with Crippen molar-refractivity contribution < 1.29 is 27.2 Å². The molecule has 0 radical (unpaired) electrons. The fourth-order valence-corrected chi connectivity index (χ4v) is 3.17. The third kappa shape index (κ3) is 4.43. The Bertz CT molecular complexity index is 780. The molecule has 27 heavy (non-hydrogen) atoms. The Labute approximate surface area is 155 Å². The molecule has 1 aromatic heterocycles. The van der Waals surface area contributed by atoms with E-state index in [9.17, 15) is 18.0 Å². The molecule has 1 aromatic carbocycles. The van der Waals surface area contributed by atoms with Crippen LogP contribution < -0.4 is 4.74 Å². The van der Waals surface area contributed by atoms with Crippen molar-refractivity contribution in [1.82, 2.24) is 10.1 Å². The largest absolute Gasteiger partial charge is 0.489 e. The number of nitrogens with zero attached hydrogens (tertiary/aromatic N) is 2. The molecular weight excluding hydrogens is 361 g/mol. The highest BCUT2D eigenvalue weighted by atomic mass is 19.4. The number of likely N-dealkylation sites (tertiary alicyclic amines) is 1. The smallest absolute Gasteiger partial charge is 0.393 e. The van der Waals surface area contributed by atoms with Crippen LogP contribution in [0.5, 0.6) is 5.75 Å². The van der Waals surface area contributed by atoms with Crippen LogP contribution in [0.2, 0.25) is 0 Å². The summed E-state index contributed by atoms with van der Waals surface area (Å²) in [5.74, 6) is -0.601. The number of aromatic nitrogens is 1. The molecule has 1 fully saturated rings. The van der Waals surface area contributed by atoms with E-state index in [1.54, 1.807) is 31.2 Å². The number of piperidine rings is 1. The summed E-state index contributed by atoms with van der Waals surface area (Å²) in [6.07, 6.45) is -3.84. The van der Waals surface area contributed by atoms with Crippen molar-refractivity contribution in [1.29, 1.82) is 0 Å². The predicted molar refractivity (Wildman–Crippen MR) is 91.4 cm³/mol. The molecular formula is C19H21F3N2O3. The molecule has 0 bridgehead atoms. The molecule has 8 heteroatoms. The van der Waals surface area contributed by atoms with Crippen LogP contribution in [-0.4, -0.2) is 35.2 Å². The van der Waals surface area contributed by atoms with E-state index >= 15 is 0 Å². The van der Waals surface area contributed by atoms with E-state index in [4.69, 9.17) is 9.26 Å². The fraction of sp³-hybridized carbons (Fsp3) is 0.474. The van der Waals surface area contributed by atoms with Gasteiger partial charge in [-0.05, 0) is 51.0 Å². The SMILES string of the molecule is Cc1noc(C)c1COc1ccc(C(=O)N2CCC[C@@H](C(F)(F)F)C2)cc1. The van der Waals surface area contributed by atoms with Crippen LogP contribution in [0.15, 0.2) is 28.8 Å². The average molecular weight is 382 g/mol. The number of benzene rings is 1. The number of aryl methyl sites for hydroxylation is 2. The van der Waals surface area contributed by atoms with Gasteiger partial charge >= 0.3 is 6.18 Å². The first-order valence-electron chi connectivity index (χ1n) is 8.76. The molecule has 0 aliphatic carbocycles. The van der Waals surface area contributed by atoms with E-state index in [2.05, 4.69) is 5.16 Å². The van der Waals surface area contributed by atoms with Crippen LogP contribution >= 0.6 is 0 Å². The summed E-state index contributed by atoms with van der Waals surface area (Å²) >= 11 is 0. The molecule has 0 N–H and O–H groups in total.